The lowest BCUT2D eigenvalue weighted by atomic mass is 10.0. The summed E-state index contributed by atoms with van der Waals surface area (Å²) in [7, 11) is 0. The summed E-state index contributed by atoms with van der Waals surface area (Å²) in [5.41, 5.74) is 5.76. The molecule has 0 unspecified atom stereocenters. The zero-order chi connectivity index (χ0) is 10.7. The van der Waals surface area contributed by atoms with E-state index in [0.717, 1.165) is 6.54 Å². The van der Waals surface area contributed by atoms with Gasteiger partial charge in [-0.2, -0.15) is 8.78 Å². The molecule has 5 heteroatoms. The van der Waals surface area contributed by atoms with Crippen molar-refractivity contribution < 1.29 is 13.5 Å². The second-order valence-corrected chi connectivity index (χ2v) is 3.98. The zero-order valence-corrected chi connectivity index (χ0v) is 8.62. The molecule has 0 aromatic heterocycles. The van der Waals surface area contributed by atoms with Gasteiger partial charge in [0, 0.05) is 25.2 Å². The molecule has 1 fully saturated rings. The van der Waals surface area contributed by atoms with Crippen LogP contribution < -0.4 is 5.73 Å². The quantitative estimate of drug-likeness (QED) is 0.753. The third kappa shape index (κ3) is 3.15. The van der Waals surface area contributed by atoms with Crippen LogP contribution in [0.2, 0.25) is 0 Å². The van der Waals surface area contributed by atoms with Gasteiger partial charge in [-0.05, 0) is 20.3 Å². The maximum absolute atomic E-state index is 12.0. The lowest BCUT2D eigenvalue weighted by molar-refractivity contribution is -0.178. The van der Waals surface area contributed by atoms with Gasteiger partial charge in [0.25, 0.3) is 0 Å². The van der Waals surface area contributed by atoms with Crippen LogP contribution in [-0.2, 0) is 4.74 Å². The summed E-state index contributed by atoms with van der Waals surface area (Å²) in [6, 6.07) is 0.105. The molecule has 1 rings (SSSR count). The minimum absolute atomic E-state index is 0.305. The molecule has 84 valence electrons. The largest absolute Gasteiger partial charge is 0.345 e. The number of ether oxygens (including phenoxy) is 1. The molecule has 2 N–H and O–H groups in total. The van der Waals surface area contributed by atoms with Crippen molar-refractivity contribution in [3.63, 3.8) is 0 Å². The molecule has 14 heavy (non-hydrogen) atoms. The molecule has 0 radical (unpaired) electrons. The van der Waals surface area contributed by atoms with Crippen LogP contribution in [0.1, 0.15) is 20.3 Å². The first kappa shape index (κ1) is 11.8. The molecule has 1 aliphatic heterocycles. The number of nitrogens with two attached hydrogens (primary N) is 1. The Balaban J connectivity index is 2.39. The van der Waals surface area contributed by atoms with E-state index in [1.54, 1.807) is 0 Å². The highest BCUT2D eigenvalue weighted by molar-refractivity contribution is 4.85. The van der Waals surface area contributed by atoms with Gasteiger partial charge in [0.15, 0.2) is 0 Å². The Labute approximate surface area is 83.2 Å². The van der Waals surface area contributed by atoms with Crippen LogP contribution in [0.3, 0.4) is 0 Å². The van der Waals surface area contributed by atoms with Crippen LogP contribution in [0, 0.1) is 0 Å². The molecule has 0 aromatic rings. The number of rotatable bonds is 3. The van der Waals surface area contributed by atoms with E-state index in [2.05, 4.69) is 23.5 Å². The predicted molar refractivity (Wildman–Crippen MR) is 50.2 cm³/mol. The highest BCUT2D eigenvalue weighted by atomic mass is 19.3. The van der Waals surface area contributed by atoms with Crippen molar-refractivity contribution in [2.75, 3.05) is 13.1 Å². The molecular weight excluding hydrogens is 190 g/mol. The molecule has 1 heterocycles. The van der Waals surface area contributed by atoms with Gasteiger partial charge in [0.05, 0.1) is 6.10 Å². The smallest absolute Gasteiger partial charge is 0.324 e. The van der Waals surface area contributed by atoms with E-state index in [1.807, 2.05) is 0 Å². The minimum Gasteiger partial charge on any atom is -0.324 e. The fourth-order valence-corrected chi connectivity index (χ4v) is 1.76. The molecule has 0 saturated carbocycles. The molecule has 0 spiro atoms. The Morgan fingerprint density at radius 3 is 2.50 bits per heavy atom. The van der Waals surface area contributed by atoms with E-state index in [9.17, 15) is 8.78 Å². The highest BCUT2D eigenvalue weighted by Crippen LogP contribution is 2.17. The van der Waals surface area contributed by atoms with Crippen LogP contribution >= 0.6 is 0 Å². The molecule has 0 bridgehead atoms. The normalized spacial score (nSPS) is 30.2. The third-order valence-electron chi connectivity index (χ3n) is 2.63. The zero-order valence-electron chi connectivity index (χ0n) is 8.62. The summed E-state index contributed by atoms with van der Waals surface area (Å²) in [6.07, 6.45) is 0.0916. The van der Waals surface area contributed by atoms with Gasteiger partial charge in [0.2, 0.25) is 0 Å². The number of nitrogens with zero attached hydrogens (tertiary/aromatic N) is 1. The van der Waals surface area contributed by atoms with Gasteiger partial charge in [-0.3, -0.25) is 4.90 Å². The number of hydrogen-bond acceptors (Lipinski definition) is 3. The average molecular weight is 208 g/mol. The number of likely N-dealkylation sites (tertiary alicyclic amines) is 1. The van der Waals surface area contributed by atoms with E-state index < -0.39 is 12.7 Å². The van der Waals surface area contributed by atoms with Crippen LogP contribution in [0.4, 0.5) is 8.78 Å². The summed E-state index contributed by atoms with van der Waals surface area (Å²) in [6.45, 7) is 2.84. The fourth-order valence-electron chi connectivity index (χ4n) is 1.76. The van der Waals surface area contributed by atoms with Crippen LogP contribution in [0.15, 0.2) is 0 Å². The molecule has 3 nitrogen and oxygen atoms in total. The summed E-state index contributed by atoms with van der Waals surface area (Å²) in [4.78, 5) is 2.18. The van der Waals surface area contributed by atoms with Gasteiger partial charge < -0.3 is 10.5 Å². The Bertz CT molecular complexity index is 178. The molecule has 0 amide bonds. The molecule has 0 aromatic carbocycles. The summed E-state index contributed by atoms with van der Waals surface area (Å²) in [5.74, 6) is 0. The standard InChI is InChI=1S/C9H18F2N2O/c1-6(2)13-4-3-8(7(12)5-13)14-9(10)11/h6-9H,3-5,12H2,1-2H3/t7-,8+/m0/s1. The van der Waals surface area contributed by atoms with E-state index in [1.165, 1.54) is 0 Å². The SMILES string of the molecule is CC(C)N1CC[C@@H](OC(F)F)[C@@H](N)C1. The van der Waals surface area contributed by atoms with Gasteiger partial charge >= 0.3 is 6.61 Å². The summed E-state index contributed by atoms with van der Waals surface area (Å²) >= 11 is 0. The first-order chi connectivity index (χ1) is 6.50. The Morgan fingerprint density at radius 1 is 1.43 bits per heavy atom. The second-order valence-electron chi connectivity index (χ2n) is 3.98. The van der Waals surface area contributed by atoms with Crippen molar-refractivity contribution in [1.82, 2.24) is 4.90 Å². The van der Waals surface area contributed by atoms with E-state index in [4.69, 9.17) is 5.73 Å². The van der Waals surface area contributed by atoms with Crippen molar-refractivity contribution in [3.8, 4) is 0 Å². The van der Waals surface area contributed by atoms with Gasteiger partial charge in [-0.25, -0.2) is 0 Å². The van der Waals surface area contributed by atoms with Crippen LogP contribution in [0.25, 0.3) is 0 Å². The van der Waals surface area contributed by atoms with Crippen molar-refractivity contribution in [3.05, 3.63) is 0 Å². The first-order valence-corrected chi connectivity index (χ1v) is 4.94. The van der Waals surface area contributed by atoms with Crippen LogP contribution in [-0.4, -0.2) is 42.8 Å². The average Bonchev–Trinajstić information content (AvgIpc) is 2.07. The molecule has 0 aliphatic carbocycles. The number of hydrogen-bond donors (Lipinski definition) is 1. The lowest BCUT2D eigenvalue weighted by Crippen LogP contribution is -2.54. The maximum atomic E-state index is 12.0. The number of halogens is 2. The first-order valence-electron chi connectivity index (χ1n) is 4.94. The predicted octanol–water partition coefficient (Wildman–Crippen LogP) is 1.04. The van der Waals surface area contributed by atoms with Gasteiger partial charge in [0.1, 0.15) is 0 Å². The highest BCUT2D eigenvalue weighted by Gasteiger charge is 2.30. The van der Waals surface area contributed by atoms with E-state index >= 15 is 0 Å². The summed E-state index contributed by atoms with van der Waals surface area (Å²) < 4.78 is 28.4. The van der Waals surface area contributed by atoms with E-state index in [0.29, 0.717) is 19.0 Å². The second kappa shape index (κ2) is 5.00. The van der Waals surface area contributed by atoms with Crippen molar-refractivity contribution in [2.24, 2.45) is 5.73 Å². The van der Waals surface area contributed by atoms with Crippen LogP contribution in [0.5, 0.6) is 0 Å². The molecular formula is C9H18F2N2O. The third-order valence-corrected chi connectivity index (χ3v) is 2.63. The van der Waals surface area contributed by atoms with Crippen molar-refractivity contribution in [2.45, 2.75) is 45.1 Å². The number of alkyl halides is 2. The summed E-state index contributed by atoms with van der Waals surface area (Å²) in [5, 5.41) is 0. The fraction of sp³-hybridized carbons (Fsp3) is 1.00. The van der Waals surface area contributed by atoms with E-state index in [-0.39, 0.29) is 6.04 Å². The Hall–Kier alpha value is -0.260. The molecule has 2 atom stereocenters. The molecule has 1 aliphatic rings. The number of piperidine rings is 1. The maximum Gasteiger partial charge on any atom is 0.345 e. The Morgan fingerprint density at radius 2 is 2.07 bits per heavy atom. The Kier molecular flexibility index (Phi) is 4.22. The minimum atomic E-state index is -2.71. The molecule has 1 saturated heterocycles. The van der Waals surface area contributed by atoms with Gasteiger partial charge in [-0.1, -0.05) is 0 Å². The van der Waals surface area contributed by atoms with Crippen molar-refractivity contribution in [1.29, 1.82) is 0 Å². The monoisotopic (exact) mass is 208 g/mol. The van der Waals surface area contributed by atoms with Crippen molar-refractivity contribution >= 4 is 0 Å². The van der Waals surface area contributed by atoms with Gasteiger partial charge in [-0.15, -0.1) is 0 Å². The topological polar surface area (TPSA) is 38.5 Å². The lowest BCUT2D eigenvalue weighted by Gasteiger charge is -2.38.